The average molecular weight is 263 g/mol. The quantitative estimate of drug-likeness (QED) is 0.892. The molecule has 0 fully saturated rings. The standard InChI is InChI=1S/C13H17N3OS/c1-7(6-17)14-12-11-9-4-3-5-10(9)18-13(11)16-8(2)15-12/h7,17H,3-6H2,1-2H3,(H,14,15,16)/t7-/m1/s1. The molecule has 0 saturated heterocycles. The number of aliphatic hydroxyl groups excluding tert-OH is 1. The average Bonchev–Trinajstić information content (AvgIpc) is 2.87. The molecule has 0 spiro atoms. The monoisotopic (exact) mass is 263 g/mol. The number of aliphatic hydroxyl groups is 1. The molecule has 2 N–H and O–H groups in total. The largest absolute Gasteiger partial charge is 0.394 e. The molecule has 2 heterocycles. The molecule has 3 rings (SSSR count). The van der Waals surface area contributed by atoms with Crippen molar-refractivity contribution in [2.24, 2.45) is 0 Å². The summed E-state index contributed by atoms with van der Waals surface area (Å²) < 4.78 is 0. The van der Waals surface area contributed by atoms with E-state index in [-0.39, 0.29) is 12.6 Å². The zero-order valence-corrected chi connectivity index (χ0v) is 11.5. The van der Waals surface area contributed by atoms with Gasteiger partial charge in [0.2, 0.25) is 0 Å². The van der Waals surface area contributed by atoms with E-state index in [1.807, 2.05) is 13.8 Å². The van der Waals surface area contributed by atoms with Crippen LogP contribution in [0.1, 0.15) is 29.6 Å². The molecular formula is C13H17N3OS. The van der Waals surface area contributed by atoms with E-state index in [0.29, 0.717) is 0 Å². The first kappa shape index (κ1) is 11.9. The summed E-state index contributed by atoms with van der Waals surface area (Å²) in [4.78, 5) is 11.6. The maximum absolute atomic E-state index is 9.18. The van der Waals surface area contributed by atoms with Crippen molar-refractivity contribution < 1.29 is 5.11 Å². The third-order valence-corrected chi connectivity index (χ3v) is 4.52. The minimum atomic E-state index is 0.0134. The number of hydrogen-bond donors (Lipinski definition) is 2. The lowest BCUT2D eigenvalue weighted by Crippen LogP contribution is -2.20. The summed E-state index contributed by atoms with van der Waals surface area (Å²) in [6, 6.07) is 0.0134. The molecule has 5 heteroatoms. The van der Waals surface area contributed by atoms with Gasteiger partial charge in [-0.25, -0.2) is 9.97 Å². The molecule has 0 aliphatic heterocycles. The first-order chi connectivity index (χ1) is 8.69. The Bertz CT molecular complexity index is 593. The summed E-state index contributed by atoms with van der Waals surface area (Å²) in [6.45, 7) is 3.98. The molecule has 0 aromatic carbocycles. The Balaban J connectivity index is 2.16. The second kappa shape index (κ2) is 4.48. The zero-order valence-electron chi connectivity index (χ0n) is 10.7. The molecule has 1 aliphatic rings. The fourth-order valence-corrected chi connectivity index (χ4v) is 3.79. The van der Waals surface area contributed by atoms with Gasteiger partial charge < -0.3 is 10.4 Å². The highest BCUT2D eigenvalue weighted by molar-refractivity contribution is 7.19. The van der Waals surface area contributed by atoms with Crippen LogP contribution in [0.3, 0.4) is 0 Å². The second-order valence-corrected chi connectivity index (χ2v) is 5.97. The van der Waals surface area contributed by atoms with Gasteiger partial charge in [-0.05, 0) is 38.7 Å². The normalized spacial score (nSPS) is 15.9. The minimum absolute atomic E-state index is 0.0134. The lowest BCUT2D eigenvalue weighted by molar-refractivity contribution is 0.281. The maximum Gasteiger partial charge on any atom is 0.139 e. The zero-order chi connectivity index (χ0) is 12.7. The molecule has 2 aromatic rings. The van der Waals surface area contributed by atoms with Crippen LogP contribution < -0.4 is 5.32 Å². The number of aromatic nitrogens is 2. The molecule has 4 nitrogen and oxygen atoms in total. The van der Waals surface area contributed by atoms with Crippen molar-refractivity contribution in [3.05, 3.63) is 16.3 Å². The van der Waals surface area contributed by atoms with E-state index in [9.17, 15) is 5.11 Å². The smallest absolute Gasteiger partial charge is 0.139 e. The van der Waals surface area contributed by atoms with Gasteiger partial charge >= 0.3 is 0 Å². The van der Waals surface area contributed by atoms with E-state index >= 15 is 0 Å². The topological polar surface area (TPSA) is 58.0 Å². The van der Waals surface area contributed by atoms with Gasteiger partial charge in [-0.2, -0.15) is 0 Å². The summed E-state index contributed by atoms with van der Waals surface area (Å²) in [5.74, 6) is 1.67. The van der Waals surface area contributed by atoms with Crippen LogP contribution in [0, 0.1) is 6.92 Å². The van der Waals surface area contributed by atoms with Crippen molar-refractivity contribution in [3.63, 3.8) is 0 Å². The lowest BCUT2D eigenvalue weighted by atomic mass is 10.2. The van der Waals surface area contributed by atoms with Crippen LogP contribution in [0.2, 0.25) is 0 Å². The van der Waals surface area contributed by atoms with Crippen LogP contribution >= 0.6 is 11.3 Å². The van der Waals surface area contributed by atoms with Gasteiger partial charge in [0.1, 0.15) is 16.5 Å². The summed E-state index contributed by atoms with van der Waals surface area (Å²) in [7, 11) is 0. The molecular weight excluding hydrogens is 246 g/mol. The Morgan fingerprint density at radius 2 is 2.22 bits per heavy atom. The first-order valence-electron chi connectivity index (χ1n) is 6.35. The number of nitrogens with zero attached hydrogens (tertiary/aromatic N) is 2. The van der Waals surface area contributed by atoms with E-state index in [1.54, 1.807) is 11.3 Å². The Kier molecular flexibility index (Phi) is 2.95. The lowest BCUT2D eigenvalue weighted by Gasteiger charge is -2.13. The van der Waals surface area contributed by atoms with Gasteiger partial charge in [0, 0.05) is 10.9 Å². The van der Waals surface area contributed by atoms with Crippen LogP contribution in [-0.4, -0.2) is 27.7 Å². The van der Waals surface area contributed by atoms with Crippen LogP contribution in [0.5, 0.6) is 0 Å². The van der Waals surface area contributed by atoms with Gasteiger partial charge in [-0.3, -0.25) is 0 Å². The highest BCUT2D eigenvalue weighted by atomic mass is 32.1. The molecule has 1 atom stereocenters. The van der Waals surface area contributed by atoms with E-state index in [0.717, 1.165) is 22.9 Å². The molecule has 0 saturated carbocycles. The SMILES string of the molecule is Cc1nc(N[C@H](C)CO)c2c3c(sc2n1)CCC3. The molecule has 0 bridgehead atoms. The Morgan fingerprint density at radius 1 is 1.39 bits per heavy atom. The van der Waals surface area contributed by atoms with Crippen molar-refractivity contribution in [2.75, 3.05) is 11.9 Å². The molecule has 1 aliphatic carbocycles. The first-order valence-corrected chi connectivity index (χ1v) is 7.17. The van der Waals surface area contributed by atoms with Crippen LogP contribution in [0.15, 0.2) is 0 Å². The maximum atomic E-state index is 9.18. The second-order valence-electron chi connectivity index (χ2n) is 4.88. The van der Waals surface area contributed by atoms with E-state index in [1.165, 1.54) is 28.7 Å². The molecule has 0 amide bonds. The van der Waals surface area contributed by atoms with Gasteiger partial charge in [-0.1, -0.05) is 0 Å². The van der Waals surface area contributed by atoms with Gasteiger partial charge in [0.05, 0.1) is 12.0 Å². The van der Waals surface area contributed by atoms with E-state index < -0.39 is 0 Å². The third-order valence-electron chi connectivity index (χ3n) is 3.33. The number of nitrogens with one attached hydrogen (secondary N) is 1. The van der Waals surface area contributed by atoms with E-state index in [4.69, 9.17) is 0 Å². The summed E-state index contributed by atoms with van der Waals surface area (Å²) >= 11 is 1.80. The summed E-state index contributed by atoms with van der Waals surface area (Å²) in [5, 5.41) is 13.7. The number of thiophene rings is 1. The van der Waals surface area contributed by atoms with Gasteiger partial charge in [0.15, 0.2) is 0 Å². The Morgan fingerprint density at radius 3 is 3.00 bits per heavy atom. The number of anilines is 1. The highest BCUT2D eigenvalue weighted by Gasteiger charge is 2.22. The Labute approximate surface area is 110 Å². The van der Waals surface area contributed by atoms with Crippen molar-refractivity contribution >= 4 is 27.4 Å². The summed E-state index contributed by atoms with van der Waals surface area (Å²) in [6.07, 6.45) is 3.54. The van der Waals surface area contributed by atoms with Crippen LogP contribution in [-0.2, 0) is 12.8 Å². The third kappa shape index (κ3) is 1.87. The van der Waals surface area contributed by atoms with Crippen LogP contribution in [0.4, 0.5) is 5.82 Å². The van der Waals surface area contributed by atoms with Crippen molar-refractivity contribution in [2.45, 2.75) is 39.2 Å². The fraction of sp³-hybridized carbons (Fsp3) is 0.538. The van der Waals surface area contributed by atoms with E-state index in [2.05, 4.69) is 15.3 Å². The van der Waals surface area contributed by atoms with Gasteiger partial charge in [0.25, 0.3) is 0 Å². The van der Waals surface area contributed by atoms with Crippen molar-refractivity contribution in [1.82, 2.24) is 9.97 Å². The molecule has 2 aromatic heterocycles. The molecule has 0 radical (unpaired) electrons. The number of hydrogen-bond acceptors (Lipinski definition) is 5. The van der Waals surface area contributed by atoms with Crippen molar-refractivity contribution in [1.29, 1.82) is 0 Å². The van der Waals surface area contributed by atoms with Crippen molar-refractivity contribution in [3.8, 4) is 0 Å². The molecule has 0 unspecified atom stereocenters. The Hall–Kier alpha value is -1.20. The minimum Gasteiger partial charge on any atom is -0.394 e. The van der Waals surface area contributed by atoms with Gasteiger partial charge in [-0.15, -0.1) is 11.3 Å². The van der Waals surface area contributed by atoms with Crippen LogP contribution in [0.25, 0.3) is 10.2 Å². The summed E-state index contributed by atoms with van der Waals surface area (Å²) in [5.41, 5.74) is 1.42. The number of fused-ring (bicyclic) bond motifs is 3. The highest BCUT2D eigenvalue weighted by Crippen LogP contribution is 2.39. The predicted octanol–water partition coefficient (Wildman–Crippen LogP) is 2.28. The fourth-order valence-electron chi connectivity index (χ4n) is 2.49. The number of rotatable bonds is 3. The molecule has 96 valence electrons. The molecule has 18 heavy (non-hydrogen) atoms. The predicted molar refractivity (Wildman–Crippen MR) is 74.3 cm³/mol. The number of aryl methyl sites for hydroxylation is 3.